The Morgan fingerprint density at radius 2 is 1.23 bits per heavy atom. The maximum Gasteiger partial charge on any atom is 0.245 e. The second-order valence-corrected chi connectivity index (χ2v) is 20.5. The van der Waals surface area contributed by atoms with E-state index in [1.54, 1.807) is 30.3 Å². The molecule has 1 aliphatic rings. The van der Waals surface area contributed by atoms with E-state index >= 15 is 0 Å². The van der Waals surface area contributed by atoms with Gasteiger partial charge in [0.05, 0.1) is 37.4 Å². The quantitative estimate of drug-likeness (QED) is 0.0336. The number of unbranched alkanes of at least 4 members (excludes halogenated alkanes) is 4. The molecule has 0 saturated carbocycles. The molecule has 81 heavy (non-hydrogen) atoms. The maximum absolute atomic E-state index is 14.4. The highest BCUT2D eigenvalue weighted by atomic mass is 16.3. The third kappa shape index (κ3) is 25.1. The van der Waals surface area contributed by atoms with Crippen LogP contribution in [-0.2, 0) is 59.2 Å². The van der Waals surface area contributed by atoms with Crippen LogP contribution in [0.5, 0.6) is 0 Å². The highest BCUT2D eigenvalue weighted by molar-refractivity contribution is 5.99. The minimum Gasteiger partial charge on any atom is -0.396 e. The van der Waals surface area contributed by atoms with E-state index in [0.717, 1.165) is 25.7 Å². The van der Waals surface area contributed by atoms with Gasteiger partial charge in [0.1, 0.15) is 42.0 Å². The number of amides is 8. The predicted octanol–water partition coefficient (Wildman–Crippen LogP) is -4.63. The zero-order valence-electron chi connectivity index (χ0n) is 47.0. The van der Waals surface area contributed by atoms with Crippen LogP contribution in [0.25, 0.3) is 0 Å². The smallest absolute Gasteiger partial charge is 0.245 e. The van der Waals surface area contributed by atoms with Gasteiger partial charge >= 0.3 is 0 Å². The molecule has 0 bridgehead atoms. The van der Waals surface area contributed by atoms with E-state index in [-0.39, 0.29) is 76.9 Å². The standard InChI is InChI=1S/C54H90N12O15/c1-4-5-6-7-11-14-37(71)26-34(15-20-55)47(74)65-45(31(2)69)44(73)28-36(29-67)49(76)61-41-19-24-59-50(77)42(30-68)64-52(79)39(17-22-57)62-51(78)40(18-23-58)63-54(81)46(32(3)70)66-48(75)35(25-33-12-9-8-10-13-33)27-43(72)38(16-21-56)60-53(41)80/h8-10,12-13,31-32,34-36,38-42,45-46,67-70H,4-7,11,14-30,55-58H2,1-3H3,(H,59,77)(H,60,80)(H,61,76)(H,62,78)(H,63,81)(H,64,79)(H,65,74)(H,66,75)/t31-,32-,34-,35+,36-,38+,39+,40+,41+,42+,45+,46+/m1/s1. The molecule has 0 radical (unpaired) electrons. The largest absolute Gasteiger partial charge is 0.396 e. The van der Waals surface area contributed by atoms with E-state index < -0.39 is 170 Å². The molecule has 0 aromatic heterocycles. The molecule has 1 fully saturated rings. The molecule has 456 valence electrons. The first-order valence-electron chi connectivity index (χ1n) is 28.0. The number of Topliss-reactive ketones (excluding diaryl/α,β-unsaturated/α-hetero) is 3. The number of carbonyl (C=O) groups excluding carboxylic acids is 11. The molecule has 8 amide bonds. The van der Waals surface area contributed by atoms with Crippen molar-refractivity contribution in [2.45, 2.75) is 172 Å². The number of rotatable bonds is 29. The Bertz CT molecular complexity index is 2210. The molecular formula is C54H90N12O15. The molecule has 1 aromatic rings. The van der Waals surface area contributed by atoms with Crippen molar-refractivity contribution in [3.05, 3.63) is 35.9 Å². The third-order valence-corrected chi connectivity index (χ3v) is 13.8. The molecule has 1 heterocycles. The number of carbonyl (C=O) groups is 11. The Hall–Kier alpha value is -6.33. The monoisotopic (exact) mass is 1150 g/mol. The van der Waals surface area contributed by atoms with E-state index in [1.807, 2.05) is 0 Å². The van der Waals surface area contributed by atoms with E-state index in [1.165, 1.54) is 13.8 Å². The zero-order chi connectivity index (χ0) is 60.6. The summed E-state index contributed by atoms with van der Waals surface area (Å²) < 4.78 is 0. The van der Waals surface area contributed by atoms with Gasteiger partial charge in [0.2, 0.25) is 47.3 Å². The lowest BCUT2D eigenvalue weighted by atomic mass is 9.90. The number of aliphatic hydroxyl groups is 4. The summed E-state index contributed by atoms with van der Waals surface area (Å²) in [5, 5.41) is 61.8. The maximum atomic E-state index is 14.4. The van der Waals surface area contributed by atoms with Gasteiger partial charge in [-0.05, 0) is 90.5 Å². The van der Waals surface area contributed by atoms with E-state index in [0.29, 0.717) is 12.0 Å². The van der Waals surface area contributed by atoms with Crippen molar-refractivity contribution in [1.29, 1.82) is 0 Å². The molecule has 20 N–H and O–H groups in total. The highest BCUT2D eigenvalue weighted by Gasteiger charge is 2.38. The second-order valence-electron chi connectivity index (χ2n) is 20.5. The Balaban J connectivity index is 2.61. The van der Waals surface area contributed by atoms with Crippen LogP contribution in [0.15, 0.2) is 30.3 Å². The van der Waals surface area contributed by atoms with Gasteiger partial charge in [0, 0.05) is 44.1 Å². The van der Waals surface area contributed by atoms with Gasteiger partial charge in [-0.3, -0.25) is 52.7 Å². The fraction of sp³-hybridized carbons (Fsp3) is 0.685. The number of aliphatic hydroxyl groups excluding tert-OH is 4. The lowest BCUT2D eigenvalue weighted by Crippen LogP contribution is -2.60. The number of ketones is 3. The molecule has 27 nitrogen and oxygen atoms in total. The van der Waals surface area contributed by atoms with Crippen molar-refractivity contribution < 1.29 is 73.2 Å². The van der Waals surface area contributed by atoms with Crippen molar-refractivity contribution in [3.63, 3.8) is 0 Å². The van der Waals surface area contributed by atoms with E-state index in [4.69, 9.17) is 22.9 Å². The van der Waals surface area contributed by atoms with Gasteiger partial charge in [-0.2, -0.15) is 0 Å². The molecule has 1 aromatic carbocycles. The van der Waals surface area contributed by atoms with Crippen LogP contribution in [0.3, 0.4) is 0 Å². The highest BCUT2D eigenvalue weighted by Crippen LogP contribution is 2.19. The van der Waals surface area contributed by atoms with Crippen molar-refractivity contribution in [2.24, 2.45) is 40.7 Å². The third-order valence-electron chi connectivity index (χ3n) is 13.8. The molecule has 0 aliphatic carbocycles. The SMILES string of the molecule is CCCCCCCC(=O)C[C@@H](CCN)C(=O)N[C@H](C(=O)C[C@H](CO)C(=O)N[C@H]1CCNC(=O)[C@H](CO)NC(=O)[C@H](CCN)NC(=O)[C@H](CCN)NC(=O)[C@H]([C@@H](C)O)NC(=O)[C@@H](Cc2ccccc2)CC(=O)[C@H](CCN)NC1=O)[C@@H](C)O. The number of nitrogens with two attached hydrogens (primary N) is 4. The first-order valence-corrected chi connectivity index (χ1v) is 28.0. The molecule has 12 atom stereocenters. The van der Waals surface area contributed by atoms with Crippen LogP contribution in [0.2, 0.25) is 0 Å². The normalized spacial score (nSPS) is 23.1. The first kappa shape index (κ1) is 70.8. The van der Waals surface area contributed by atoms with Gasteiger partial charge in [-0.1, -0.05) is 62.9 Å². The first-order chi connectivity index (χ1) is 38.6. The van der Waals surface area contributed by atoms with Crippen LogP contribution in [0, 0.1) is 17.8 Å². The van der Waals surface area contributed by atoms with Gasteiger partial charge in [-0.15, -0.1) is 0 Å². The van der Waals surface area contributed by atoms with Crippen molar-refractivity contribution >= 4 is 64.6 Å². The van der Waals surface area contributed by atoms with Crippen molar-refractivity contribution in [2.75, 3.05) is 45.9 Å². The predicted molar refractivity (Wildman–Crippen MR) is 296 cm³/mol. The minimum absolute atomic E-state index is 0.0333. The molecule has 0 spiro atoms. The number of nitrogens with one attached hydrogen (secondary N) is 8. The molecule has 0 unspecified atom stereocenters. The topological polar surface area (TPSA) is 469 Å². The fourth-order valence-corrected chi connectivity index (χ4v) is 9.04. The van der Waals surface area contributed by atoms with Gasteiger partial charge in [0.15, 0.2) is 11.6 Å². The van der Waals surface area contributed by atoms with Gasteiger partial charge < -0.3 is 85.9 Å². The molecule has 1 aliphatic heterocycles. The summed E-state index contributed by atoms with van der Waals surface area (Å²) in [6.45, 7) is 1.52. The second kappa shape index (κ2) is 38.4. The lowest BCUT2D eigenvalue weighted by Gasteiger charge is -2.28. The van der Waals surface area contributed by atoms with Gasteiger partial charge in [-0.25, -0.2) is 0 Å². The number of hydrogen-bond acceptors (Lipinski definition) is 19. The summed E-state index contributed by atoms with van der Waals surface area (Å²) in [6, 6.07) is -2.60. The number of hydrogen-bond donors (Lipinski definition) is 16. The van der Waals surface area contributed by atoms with Crippen molar-refractivity contribution in [1.82, 2.24) is 42.5 Å². The Morgan fingerprint density at radius 3 is 1.79 bits per heavy atom. The summed E-state index contributed by atoms with van der Waals surface area (Å²) in [7, 11) is 0. The molecule has 27 heteroatoms. The van der Waals surface area contributed by atoms with Crippen LogP contribution < -0.4 is 65.5 Å². The van der Waals surface area contributed by atoms with Crippen LogP contribution in [0.1, 0.15) is 116 Å². The zero-order valence-corrected chi connectivity index (χ0v) is 47.0. The number of benzene rings is 1. The van der Waals surface area contributed by atoms with Crippen LogP contribution >= 0.6 is 0 Å². The van der Waals surface area contributed by atoms with Crippen LogP contribution in [0.4, 0.5) is 0 Å². The Kier molecular flexibility index (Phi) is 33.5. The van der Waals surface area contributed by atoms with Crippen LogP contribution in [-0.4, -0.2) is 185 Å². The van der Waals surface area contributed by atoms with Crippen molar-refractivity contribution in [3.8, 4) is 0 Å². The fourth-order valence-electron chi connectivity index (χ4n) is 9.04. The Labute approximate surface area is 473 Å². The molecular weight excluding hydrogens is 1060 g/mol. The van der Waals surface area contributed by atoms with E-state index in [9.17, 15) is 73.2 Å². The average Bonchev–Trinajstić information content (AvgIpc) is 3.44. The summed E-state index contributed by atoms with van der Waals surface area (Å²) in [4.78, 5) is 152. The minimum atomic E-state index is -1.73. The Morgan fingerprint density at radius 1 is 0.654 bits per heavy atom. The van der Waals surface area contributed by atoms with Gasteiger partial charge in [0.25, 0.3) is 0 Å². The molecule has 1 saturated heterocycles. The lowest BCUT2D eigenvalue weighted by molar-refractivity contribution is -0.138. The molecule has 2 rings (SSSR count). The average molecular weight is 1150 g/mol. The summed E-state index contributed by atoms with van der Waals surface area (Å²) in [6.07, 6.45) is -1.00. The van der Waals surface area contributed by atoms with E-state index in [2.05, 4.69) is 49.5 Å². The summed E-state index contributed by atoms with van der Waals surface area (Å²) in [5.74, 6) is -13.4. The summed E-state index contributed by atoms with van der Waals surface area (Å²) >= 11 is 0. The summed E-state index contributed by atoms with van der Waals surface area (Å²) in [5.41, 5.74) is 23.8.